The van der Waals surface area contributed by atoms with E-state index in [4.69, 9.17) is 0 Å². The van der Waals surface area contributed by atoms with Crippen LogP contribution >= 0.6 is 0 Å². The molecular formula is C20H21N3O3. The van der Waals surface area contributed by atoms with Crippen LogP contribution in [0.3, 0.4) is 0 Å². The van der Waals surface area contributed by atoms with E-state index in [0.717, 1.165) is 17.5 Å². The summed E-state index contributed by atoms with van der Waals surface area (Å²) in [6.45, 7) is 0.547. The first kappa shape index (κ1) is 17.7. The standard InChI is InChI=1S/C20H21N3O3/c1-23(18(24)13-17-19(25)22-20(26)21-17)12-11-14-7-9-16(10-8-14)15-5-3-2-4-6-15/h2-10,17H,11-13H2,1H3,(H2,21,22,25,26)/t17-/m1/s1. The number of amides is 4. The van der Waals surface area contributed by atoms with Gasteiger partial charge in [0.15, 0.2) is 0 Å². The summed E-state index contributed by atoms with van der Waals surface area (Å²) >= 11 is 0. The first-order valence-corrected chi connectivity index (χ1v) is 8.52. The fourth-order valence-electron chi connectivity index (χ4n) is 2.85. The minimum Gasteiger partial charge on any atom is -0.345 e. The van der Waals surface area contributed by atoms with Crippen molar-refractivity contribution < 1.29 is 14.4 Å². The van der Waals surface area contributed by atoms with Gasteiger partial charge in [-0.2, -0.15) is 0 Å². The molecule has 0 unspecified atom stereocenters. The molecule has 2 aromatic rings. The summed E-state index contributed by atoms with van der Waals surface area (Å²) in [5, 5.41) is 4.57. The minimum atomic E-state index is -0.775. The van der Waals surface area contributed by atoms with E-state index in [2.05, 4.69) is 47.0 Å². The van der Waals surface area contributed by atoms with Crippen LogP contribution in [0, 0.1) is 0 Å². The maximum absolute atomic E-state index is 12.2. The maximum atomic E-state index is 12.2. The Bertz CT molecular complexity index is 803. The monoisotopic (exact) mass is 351 g/mol. The largest absolute Gasteiger partial charge is 0.345 e. The first-order chi connectivity index (χ1) is 12.5. The molecule has 1 saturated heterocycles. The van der Waals surface area contributed by atoms with Crippen LogP contribution in [-0.4, -0.2) is 42.4 Å². The van der Waals surface area contributed by atoms with Crippen molar-refractivity contribution in [3.8, 4) is 11.1 Å². The van der Waals surface area contributed by atoms with Gasteiger partial charge < -0.3 is 10.2 Å². The van der Waals surface area contributed by atoms with Gasteiger partial charge in [0.1, 0.15) is 6.04 Å². The number of nitrogens with one attached hydrogen (secondary N) is 2. The summed E-state index contributed by atoms with van der Waals surface area (Å²) in [5.41, 5.74) is 3.46. The number of carbonyl (C=O) groups excluding carboxylic acids is 3. The lowest BCUT2D eigenvalue weighted by Crippen LogP contribution is -2.37. The molecule has 0 aromatic heterocycles. The third-order valence-corrected chi connectivity index (χ3v) is 4.46. The molecule has 0 spiro atoms. The molecule has 1 atom stereocenters. The highest BCUT2D eigenvalue weighted by Gasteiger charge is 2.31. The number of urea groups is 1. The van der Waals surface area contributed by atoms with Gasteiger partial charge in [0.2, 0.25) is 5.91 Å². The number of rotatable bonds is 6. The highest BCUT2D eigenvalue weighted by Crippen LogP contribution is 2.19. The van der Waals surface area contributed by atoms with E-state index in [0.29, 0.717) is 6.54 Å². The van der Waals surface area contributed by atoms with Crippen LogP contribution in [0.5, 0.6) is 0 Å². The lowest BCUT2D eigenvalue weighted by molar-refractivity contribution is -0.132. The van der Waals surface area contributed by atoms with E-state index in [1.165, 1.54) is 5.56 Å². The molecule has 6 nitrogen and oxygen atoms in total. The molecule has 0 radical (unpaired) electrons. The van der Waals surface area contributed by atoms with E-state index in [-0.39, 0.29) is 12.3 Å². The molecule has 4 amide bonds. The van der Waals surface area contributed by atoms with E-state index < -0.39 is 18.0 Å². The minimum absolute atomic E-state index is 0.0268. The van der Waals surface area contributed by atoms with Crippen molar-refractivity contribution in [3.05, 3.63) is 60.2 Å². The molecule has 0 saturated carbocycles. The molecule has 6 heteroatoms. The van der Waals surface area contributed by atoms with Crippen LogP contribution in [0.4, 0.5) is 4.79 Å². The van der Waals surface area contributed by atoms with Crippen molar-refractivity contribution in [2.24, 2.45) is 0 Å². The molecule has 0 aliphatic carbocycles. The number of benzene rings is 2. The second kappa shape index (κ2) is 7.82. The predicted octanol–water partition coefficient (Wildman–Crippen LogP) is 1.95. The molecule has 0 bridgehead atoms. The Morgan fingerprint density at radius 3 is 2.27 bits per heavy atom. The summed E-state index contributed by atoms with van der Waals surface area (Å²) in [6, 6.07) is 17.1. The summed E-state index contributed by atoms with van der Waals surface area (Å²) < 4.78 is 0. The highest BCUT2D eigenvalue weighted by molar-refractivity contribution is 6.05. The van der Waals surface area contributed by atoms with Gasteiger partial charge >= 0.3 is 6.03 Å². The van der Waals surface area contributed by atoms with Gasteiger partial charge in [-0.15, -0.1) is 0 Å². The lowest BCUT2D eigenvalue weighted by Gasteiger charge is -2.18. The normalized spacial score (nSPS) is 16.1. The molecular weight excluding hydrogens is 330 g/mol. The number of hydrogen-bond acceptors (Lipinski definition) is 3. The van der Waals surface area contributed by atoms with E-state index >= 15 is 0 Å². The summed E-state index contributed by atoms with van der Waals surface area (Å²) in [5.74, 6) is -0.624. The molecule has 1 aliphatic rings. The molecule has 26 heavy (non-hydrogen) atoms. The summed E-state index contributed by atoms with van der Waals surface area (Å²) in [7, 11) is 1.70. The van der Waals surface area contributed by atoms with Gasteiger partial charge in [-0.1, -0.05) is 54.6 Å². The topological polar surface area (TPSA) is 78.5 Å². The Morgan fingerprint density at radius 2 is 1.65 bits per heavy atom. The number of carbonyl (C=O) groups is 3. The summed E-state index contributed by atoms with van der Waals surface area (Å²) in [4.78, 5) is 36.4. The average molecular weight is 351 g/mol. The third kappa shape index (κ3) is 4.27. The number of hydrogen-bond donors (Lipinski definition) is 2. The van der Waals surface area contributed by atoms with E-state index in [9.17, 15) is 14.4 Å². The van der Waals surface area contributed by atoms with Crippen molar-refractivity contribution in [3.63, 3.8) is 0 Å². The molecule has 134 valence electrons. The zero-order valence-corrected chi connectivity index (χ0v) is 14.6. The van der Waals surface area contributed by atoms with Crippen LogP contribution in [-0.2, 0) is 16.0 Å². The number of imide groups is 1. The van der Waals surface area contributed by atoms with Crippen LogP contribution in [0.25, 0.3) is 11.1 Å². The van der Waals surface area contributed by atoms with Crippen molar-refractivity contribution in [1.29, 1.82) is 0 Å². The van der Waals surface area contributed by atoms with Gasteiger partial charge in [-0.3, -0.25) is 14.9 Å². The van der Waals surface area contributed by atoms with Crippen molar-refractivity contribution in [1.82, 2.24) is 15.5 Å². The molecule has 1 heterocycles. The van der Waals surface area contributed by atoms with E-state index in [1.54, 1.807) is 11.9 Å². The Balaban J connectivity index is 1.51. The average Bonchev–Trinajstić information content (AvgIpc) is 2.97. The van der Waals surface area contributed by atoms with Crippen LogP contribution in [0.2, 0.25) is 0 Å². The zero-order valence-electron chi connectivity index (χ0n) is 14.6. The Labute approximate surface area is 152 Å². The maximum Gasteiger partial charge on any atom is 0.322 e. The summed E-state index contributed by atoms with van der Waals surface area (Å²) in [6.07, 6.45) is 0.696. The quantitative estimate of drug-likeness (QED) is 0.781. The van der Waals surface area contributed by atoms with Crippen molar-refractivity contribution in [2.45, 2.75) is 18.9 Å². The molecule has 2 N–H and O–H groups in total. The van der Waals surface area contributed by atoms with Crippen molar-refractivity contribution in [2.75, 3.05) is 13.6 Å². The Hall–Kier alpha value is -3.15. The number of likely N-dealkylation sites (N-methyl/N-ethyl adjacent to an activating group) is 1. The molecule has 1 fully saturated rings. The fraction of sp³-hybridized carbons (Fsp3) is 0.250. The Kier molecular flexibility index (Phi) is 5.31. The SMILES string of the molecule is CN(CCc1ccc(-c2ccccc2)cc1)C(=O)C[C@H]1NC(=O)NC1=O. The van der Waals surface area contributed by atoms with Crippen LogP contribution in [0.15, 0.2) is 54.6 Å². The molecule has 2 aromatic carbocycles. The van der Waals surface area contributed by atoms with Gasteiger partial charge in [-0.25, -0.2) is 4.79 Å². The first-order valence-electron chi connectivity index (χ1n) is 8.52. The van der Waals surface area contributed by atoms with Gasteiger partial charge in [0, 0.05) is 13.6 Å². The van der Waals surface area contributed by atoms with Gasteiger partial charge in [0.05, 0.1) is 6.42 Å². The highest BCUT2D eigenvalue weighted by atomic mass is 16.2. The Morgan fingerprint density at radius 1 is 1.00 bits per heavy atom. The smallest absolute Gasteiger partial charge is 0.322 e. The predicted molar refractivity (Wildman–Crippen MR) is 98.3 cm³/mol. The molecule has 3 rings (SSSR count). The molecule has 1 aliphatic heterocycles. The van der Waals surface area contributed by atoms with Crippen LogP contribution in [0.1, 0.15) is 12.0 Å². The lowest BCUT2D eigenvalue weighted by atomic mass is 10.0. The fourth-order valence-corrected chi connectivity index (χ4v) is 2.85. The van der Waals surface area contributed by atoms with Gasteiger partial charge in [0.25, 0.3) is 5.91 Å². The van der Waals surface area contributed by atoms with Crippen LogP contribution < -0.4 is 10.6 Å². The second-order valence-electron chi connectivity index (χ2n) is 6.35. The third-order valence-electron chi connectivity index (χ3n) is 4.46. The second-order valence-corrected chi connectivity index (χ2v) is 6.35. The zero-order chi connectivity index (χ0) is 18.5. The van der Waals surface area contributed by atoms with Crippen molar-refractivity contribution >= 4 is 17.8 Å². The van der Waals surface area contributed by atoms with Gasteiger partial charge in [-0.05, 0) is 23.1 Å². The van der Waals surface area contributed by atoms with E-state index in [1.807, 2.05) is 18.2 Å². The number of nitrogens with zero attached hydrogens (tertiary/aromatic N) is 1.